The topological polar surface area (TPSA) is 17.1 Å². The fourth-order valence-electron chi connectivity index (χ4n) is 4.90. The highest BCUT2D eigenvalue weighted by Gasteiger charge is 2.33. The Morgan fingerprint density at radius 3 is 1.41 bits per heavy atom. The highest BCUT2D eigenvalue weighted by molar-refractivity contribution is 7.96. The second kappa shape index (κ2) is 11.2. The predicted octanol–water partition coefficient (Wildman–Crippen LogP) is 6.79. The molecule has 5 rings (SSSR count). The molecule has 0 radical (unpaired) electrons. The Morgan fingerprint density at radius 1 is 0.541 bits per heavy atom. The minimum absolute atomic E-state index is 0.0272. The lowest BCUT2D eigenvalue weighted by Gasteiger charge is -2.32. The van der Waals surface area contributed by atoms with Gasteiger partial charge in [-0.05, 0) is 52.5 Å². The maximum Gasteiger partial charge on any atom is 0.187 e. The molecule has 0 aromatic heterocycles. The zero-order valence-corrected chi connectivity index (χ0v) is 21.8. The van der Waals surface area contributed by atoms with Crippen LogP contribution in [0, 0.1) is 6.92 Å². The summed E-state index contributed by atoms with van der Waals surface area (Å²) in [5.41, 5.74) is 3.14. The molecule has 2 heteroatoms. The maximum atomic E-state index is 14.5. The lowest BCUT2D eigenvalue weighted by atomic mass is 10.1. The van der Waals surface area contributed by atoms with Gasteiger partial charge in [0.15, 0.2) is 5.78 Å². The Kier molecular flexibility index (Phi) is 7.45. The third-order valence-corrected chi connectivity index (χ3v) is 11.0. The van der Waals surface area contributed by atoms with Gasteiger partial charge in [0.1, 0.15) is 0 Å². The maximum absolute atomic E-state index is 14.5. The number of aryl methyl sites for hydroxylation is 1. The van der Waals surface area contributed by atoms with Crippen LogP contribution in [-0.2, 0) is 4.79 Å². The average molecular weight is 497 g/mol. The normalized spacial score (nSPS) is 11.4. The van der Waals surface area contributed by atoms with E-state index >= 15 is 0 Å². The van der Waals surface area contributed by atoms with E-state index in [1.165, 1.54) is 0 Å². The molecule has 1 nitrogen and oxygen atoms in total. The van der Waals surface area contributed by atoms with Crippen LogP contribution in [0.25, 0.3) is 6.08 Å². The van der Waals surface area contributed by atoms with Crippen molar-refractivity contribution in [3.8, 4) is 0 Å². The molecule has 5 aromatic rings. The van der Waals surface area contributed by atoms with Crippen molar-refractivity contribution >= 4 is 40.0 Å². The van der Waals surface area contributed by atoms with E-state index in [4.69, 9.17) is 0 Å². The first kappa shape index (κ1) is 24.5. The number of benzene rings is 5. The van der Waals surface area contributed by atoms with Gasteiger partial charge in [0.25, 0.3) is 0 Å². The van der Waals surface area contributed by atoms with Crippen molar-refractivity contribution in [3.63, 3.8) is 0 Å². The van der Waals surface area contributed by atoms with E-state index in [9.17, 15) is 4.79 Å². The molecular formula is C35H29OP. The van der Waals surface area contributed by atoms with Crippen molar-refractivity contribution in [1.82, 2.24) is 0 Å². The molecule has 180 valence electrons. The molecule has 0 fully saturated rings. The van der Waals surface area contributed by atoms with Crippen molar-refractivity contribution in [2.45, 2.75) is 6.92 Å². The van der Waals surface area contributed by atoms with Gasteiger partial charge in [0, 0.05) is 5.29 Å². The molecule has 0 spiro atoms. The first-order chi connectivity index (χ1) is 18.2. The highest BCUT2D eigenvalue weighted by atomic mass is 31.2. The van der Waals surface area contributed by atoms with Crippen molar-refractivity contribution < 1.29 is 4.79 Å². The van der Waals surface area contributed by atoms with Crippen molar-refractivity contribution in [1.29, 1.82) is 0 Å². The van der Waals surface area contributed by atoms with Crippen LogP contribution in [0.15, 0.2) is 152 Å². The molecule has 0 amide bonds. The van der Waals surface area contributed by atoms with Crippen molar-refractivity contribution in [2.24, 2.45) is 0 Å². The molecule has 0 saturated carbocycles. The quantitative estimate of drug-likeness (QED) is 0.179. The largest absolute Gasteiger partial charge is 0.289 e. The van der Waals surface area contributed by atoms with Crippen LogP contribution in [0.2, 0.25) is 0 Å². The Morgan fingerprint density at radius 2 is 0.946 bits per heavy atom. The molecule has 0 bridgehead atoms. The van der Waals surface area contributed by atoms with E-state index < -0.39 is 6.89 Å². The Balaban J connectivity index is 1.94. The minimum atomic E-state index is -2.56. The summed E-state index contributed by atoms with van der Waals surface area (Å²) >= 11 is 0. The van der Waals surface area contributed by atoms with E-state index in [2.05, 4.69) is 104 Å². The van der Waals surface area contributed by atoms with Crippen LogP contribution in [-0.4, -0.2) is 11.1 Å². The minimum Gasteiger partial charge on any atom is -0.289 e. The second-order valence-electron chi connectivity index (χ2n) is 8.95. The summed E-state index contributed by atoms with van der Waals surface area (Å²) in [4.78, 5) is 14.5. The van der Waals surface area contributed by atoms with E-state index in [0.29, 0.717) is 0 Å². The number of carbonyl (C=O) groups is 1. The number of ketones is 1. The van der Waals surface area contributed by atoms with Gasteiger partial charge >= 0.3 is 0 Å². The number of hydrogen-bond donors (Lipinski definition) is 0. The van der Waals surface area contributed by atoms with Crippen LogP contribution < -0.4 is 15.9 Å². The number of carbonyl (C=O) groups excluding carboxylic acids is 1. The van der Waals surface area contributed by atoms with E-state index in [-0.39, 0.29) is 5.78 Å². The zero-order valence-electron chi connectivity index (χ0n) is 20.9. The molecule has 0 saturated heterocycles. The summed E-state index contributed by atoms with van der Waals surface area (Å²) in [5, 5.41) is 4.30. The smallest absolute Gasteiger partial charge is 0.187 e. The fourth-order valence-corrected chi connectivity index (χ4v) is 9.37. The second-order valence-corrected chi connectivity index (χ2v) is 12.3. The van der Waals surface area contributed by atoms with Crippen molar-refractivity contribution in [2.75, 3.05) is 0 Å². The standard InChI is InChI=1S/C35H29OP/c1-28-16-14-15-17-29(28)26-27-34(36)35(30-18-6-2-7-19-30)37(31-20-8-3-9-21-31,32-22-10-4-11-23-32)33-24-12-5-13-25-33/h2-27H,1H3/b27-26+. The molecule has 0 heterocycles. The van der Waals surface area contributed by atoms with Gasteiger partial charge in [0.05, 0.1) is 0 Å². The summed E-state index contributed by atoms with van der Waals surface area (Å²) in [6, 6.07) is 49.9. The lowest BCUT2D eigenvalue weighted by Crippen LogP contribution is -2.33. The van der Waals surface area contributed by atoms with Crippen LogP contribution in [0.5, 0.6) is 0 Å². The summed E-state index contributed by atoms with van der Waals surface area (Å²) in [5.74, 6) is 0.0272. The molecule has 37 heavy (non-hydrogen) atoms. The molecule has 0 aliphatic rings. The predicted molar refractivity (Wildman–Crippen MR) is 161 cm³/mol. The van der Waals surface area contributed by atoms with Gasteiger partial charge in [-0.25, -0.2) is 0 Å². The Hall–Kier alpha value is -4.19. The number of rotatable bonds is 7. The molecule has 0 atom stereocenters. The van der Waals surface area contributed by atoms with Gasteiger partial charge in [-0.15, -0.1) is 0 Å². The van der Waals surface area contributed by atoms with Crippen LogP contribution in [0.4, 0.5) is 0 Å². The number of allylic oxidation sites excluding steroid dienone is 1. The summed E-state index contributed by atoms with van der Waals surface area (Å²) in [6.07, 6.45) is 3.71. The van der Waals surface area contributed by atoms with E-state index in [1.807, 2.05) is 54.6 Å². The summed E-state index contributed by atoms with van der Waals surface area (Å²) < 4.78 is 0. The lowest BCUT2D eigenvalue weighted by molar-refractivity contribution is -0.108. The first-order valence-corrected chi connectivity index (χ1v) is 14.3. The third kappa shape index (κ3) is 4.92. The molecular weight excluding hydrogens is 467 g/mol. The van der Waals surface area contributed by atoms with Gasteiger partial charge in [-0.3, -0.25) is 4.79 Å². The molecule has 0 unspecified atom stereocenters. The molecule has 5 aromatic carbocycles. The van der Waals surface area contributed by atoms with Crippen molar-refractivity contribution in [3.05, 3.63) is 168 Å². The highest BCUT2D eigenvalue weighted by Crippen LogP contribution is 2.48. The SMILES string of the molecule is Cc1ccccc1/C=C/C(=O)C(c1ccccc1)=P(c1ccccc1)(c1ccccc1)c1ccccc1. The van der Waals surface area contributed by atoms with Gasteiger partial charge < -0.3 is 0 Å². The Labute approximate surface area is 219 Å². The van der Waals surface area contributed by atoms with Crippen LogP contribution in [0.1, 0.15) is 16.7 Å². The monoisotopic (exact) mass is 496 g/mol. The van der Waals surface area contributed by atoms with Gasteiger partial charge in [-0.2, -0.15) is 0 Å². The van der Waals surface area contributed by atoms with Gasteiger partial charge in [0.2, 0.25) is 0 Å². The molecule has 0 N–H and O–H groups in total. The summed E-state index contributed by atoms with van der Waals surface area (Å²) in [6.45, 7) is -0.488. The number of hydrogen-bond acceptors (Lipinski definition) is 1. The fraction of sp³-hybridized carbons (Fsp3) is 0.0286. The molecule has 0 aliphatic carbocycles. The third-order valence-electron chi connectivity index (χ3n) is 6.65. The van der Waals surface area contributed by atoms with E-state index in [1.54, 1.807) is 6.08 Å². The first-order valence-electron chi connectivity index (χ1n) is 12.5. The van der Waals surface area contributed by atoms with Crippen LogP contribution >= 0.6 is 6.89 Å². The zero-order chi connectivity index (χ0) is 25.5. The average Bonchev–Trinajstić information content (AvgIpc) is 2.97. The molecule has 0 aliphatic heterocycles. The van der Waals surface area contributed by atoms with Crippen LogP contribution in [0.3, 0.4) is 0 Å². The van der Waals surface area contributed by atoms with E-state index in [0.717, 1.165) is 37.9 Å². The summed E-state index contributed by atoms with van der Waals surface area (Å²) in [7, 11) is 0. The van der Waals surface area contributed by atoms with Gasteiger partial charge in [-0.1, -0.05) is 152 Å². The Bertz CT molecular complexity index is 1460.